The van der Waals surface area contributed by atoms with E-state index < -0.39 is 0 Å². The summed E-state index contributed by atoms with van der Waals surface area (Å²) in [6, 6.07) is 17.8. The van der Waals surface area contributed by atoms with E-state index in [0.717, 1.165) is 16.7 Å². The van der Waals surface area contributed by atoms with Crippen LogP contribution in [0.1, 0.15) is 29.0 Å². The molecule has 0 saturated heterocycles. The van der Waals surface area contributed by atoms with Gasteiger partial charge in [-0.15, -0.1) is 11.8 Å². The number of nitrogens with one attached hydrogen (secondary N) is 1. The minimum Gasteiger partial charge on any atom is -0.320 e. The van der Waals surface area contributed by atoms with Gasteiger partial charge in [0, 0.05) is 23.1 Å². The van der Waals surface area contributed by atoms with Crippen molar-refractivity contribution in [3.8, 4) is 6.07 Å². The Labute approximate surface area is 156 Å². The van der Waals surface area contributed by atoms with Crippen molar-refractivity contribution >= 4 is 29.3 Å². The fourth-order valence-corrected chi connectivity index (χ4v) is 4.30. The van der Waals surface area contributed by atoms with Gasteiger partial charge < -0.3 is 5.32 Å². The van der Waals surface area contributed by atoms with E-state index >= 15 is 0 Å². The molecule has 1 atom stereocenters. The number of hydrogen-bond donors (Lipinski definition) is 1. The Hall–Kier alpha value is -2.22. The molecule has 0 unspecified atom stereocenters. The molecule has 2 aromatic carbocycles. The number of allylic oxidation sites excluding steroid dienone is 1. The summed E-state index contributed by atoms with van der Waals surface area (Å²) in [4.78, 5) is 12.2. The van der Waals surface area contributed by atoms with Crippen LogP contribution < -0.4 is 5.32 Å². The first-order chi connectivity index (χ1) is 12.1. The number of nitriles is 1. The molecule has 5 heteroatoms. The number of carbonyl (C=O) groups excluding carboxylic acids is 1. The molecule has 2 aromatic rings. The first-order valence-corrected chi connectivity index (χ1v) is 9.32. The van der Waals surface area contributed by atoms with Crippen molar-refractivity contribution in [1.82, 2.24) is 5.32 Å². The number of carbonyl (C=O) groups is 1. The van der Waals surface area contributed by atoms with Crippen LogP contribution in [-0.4, -0.2) is 5.91 Å². The summed E-state index contributed by atoms with van der Waals surface area (Å²) < 4.78 is 0. The summed E-state index contributed by atoms with van der Waals surface area (Å²) in [5.74, 6) is 0.337. The van der Waals surface area contributed by atoms with Gasteiger partial charge in [-0.3, -0.25) is 4.79 Å². The summed E-state index contributed by atoms with van der Waals surface area (Å²) in [7, 11) is 0. The van der Waals surface area contributed by atoms with Gasteiger partial charge in [-0.25, -0.2) is 0 Å². The molecule has 0 saturated carbocycles. The van der Waals surface area contributed by atoms with Gasteiger partial charge in [0.25, 0.3) is 0 Å². The maximum atomic E-state index is 12.2. The van der Waals surface area contributed by atoms with Gasteiger partial charge >= 0.3 is 0 Å². The number of benzene rings is 2. The summed E-state index contributed by atoms with van der Waals surface area (Å²) in [6.07, 6.45) is 0.296. The second-order valence-corrected chi connectivity index (χ2v) is 7.29. The van der Waals surface area contributed by atoms with Crippen molar-refractivity contribution in [3.05, 3.63) is 80.8 Å². The van der Waals surface area contributed by atoms with Crippen molar-refractivity contribution in [2.24, 2.45) is 0 Å². The van der Waals surface area contributed by atoms with E-state index in [1.807, 2.05) is 55.5 Å². The molecule has 0 spiro atoms. The first-order valence-electron chi connectivity index (χ1n) is 7.96. The van der Waals surface area contributed by atoms with Gasteiger partial charge in [-0.2, -0.15) is 5.26 Å². The Morgan fingerprint density at radius 1 is 1.24 bits per heavy atom. The fraction of sp³-hybridized carbons (Fsp3) is 0.200. The SMILES string of the molecule is Cc1ccccc1[C@@H]1CC(=O)NC(SCc2ccccc2Cl)=C1C#N. The molecule has 3 nitrogen and oxygen atoms in total. The van der Waals surface area contributed by atoms with E-state index in [9.17, 15) is 10.1 Å². The normalized spacial score (nSPS) is 17.2. The number of hydrogen-bond acceptors (Lipinski definition) is 3. The third-order valence-corrected chi connectivity index (χ3v) is 5.68. The summed E-state index contributed by atoms with van der Waals surface area (Å²) in [5, 5.41) is 13.9. The molecule has 1 heterocycles. The zero-order valence-corrected chi connectivity index (χ0v) is 15.3. The molecule has 0 radical (unpaired) electrons. The second kappa shape index (κ2) is 7.77. The van der Waals surface area contributed by atoms with Crippen molar-refractivity contribution in [3.63, 3.8) is 0 Å². The number of thioether (sulfide) groups is 1. The number of halogens is 1. The van der Waals surface area contributed by atoms with Crippen molar-refractivity contribution in [1.29, 1.82) is 5.26 Å². The number of amides is 1. The lowest BCUT2D eigenvalue weighted by atomic mass is 9.85. The quantitative estimate of drug-likeness (QED) is 0.833. The molecular weight excluding hydrogens is 352 g/mol. The van der Waals surface area contributed by atoms with E-state index in [2.05, 4.69) is 11.4 Å². The Bertz CT molecular complexity index is 885. The first kappa shape index (κ1) is 17.6. The summed E-state index contributed by atoms with van der Waals surface area (Å²) in [5.41, 5.74) is 3.72. The van der Waals surface area contributed by atoms with Crippen molar-refractivity contribution < 1.29 is 4.79 Å². The van der Waals surface area contributed by atoms with Gasteiger partial charge in [-0.1, -0.05) is 54.1 Å². The fourth-order valence-electron chi connectivity index (χ4n) is 2.94. The Kier molecular flexibility index (Phi) is 5.47. The molecule has 1 aliphatic heterocycles. The average molecular weight is 369 g/mol. The van der Waals surface area contributed by atoms with E-state index in [4.69, 9.17) is 11.6 Å². The predicted molar refractivity (Wildman–Crippen MR) is 102 cm³/mol. The van der Waals surface area contributed by atoms with Crippen LogP contribution in [-0.2, 0) is 10.5 Å². The lowest BCUT2D eigenvalue weighted by molar-refractivity contribution is -0.120. The molecular formula is C20H17ClN2OS. The molecule has 126 valence electrons. The Morgan fingerprint density at radius 2 is 1.96 bits per heavy atom. The van der Waals surface area contributed by atoms with Gasteiger partial charge in [-0.05, 0) is 29.7 Å². The third kappa shape index (κ3) is 3.89. The van der Waals surface area contributed by atoms with Crippen molar-refractivity contribution in [2.45, 2.75) is 25.0 Å². The molecule has 25 heavy (non-hydrogen) atoms. The van der Waals surface area contributed by atoms with Crippen LogP contribution in [0.25, 0.3) is 0 Å². The number of aryl methyl sites for hydroxylation is 1. The van der Waals surface area contributed by atoms with Crippen LogP contribution in [0.5, 0.6) is 0 Å². The van der Waals surface area contributed by atoms with Crippen LogP contribution in [0, 0.1) is 18.3 Å². The molecule has 1 amide bonds. The zero-order valence-electron chi connectivity index (χ0n) is 13.8. The van der Waals surface area contributed by atoms with Crippen LogP contribution in [0.4, 0.5) is 0 Å². The number of rotatable bonds is 4. The smallest absolute Gasteiger partial charge is 0.225 e. The third-order valence-electron chi connectivity index (χ3n) is 4.25. The Morgan fingerprint density at radius 3 is 2.68 bits per heavy atom. The lowest BCUT2D eigenvalue weighted by Crippen LogP contribution is -2.31. The van der Waals surface area contributed by atoms with E-state index in [1.165, 1.54) is 11.8 Å². The zero-order chi connectivity index (χ0) is 17.8. The standard InChI is InChI=1S/C20H17ClN2OS/c1-13-6-2-4-8-15(13)16-10-19(24)23-20(17(16)11-22)25-12-14-7-3-5-9-18(14)21/h2-9,16H,10,12H2,1H3,(H,23,24)/t16-/m0/s1. The molecule has 0 bridgehead atoms. The summed E-state index contributed by atoms with van der Waals surface area (Å²) >= 11 is 7.65. The molecule has 0 fully saturated rings. The van der Waals surface area contributed by atoms with Crippen LogP contribution in [0.3, 0.4) is 0 Å². The highest BCUT2D eigenvalue weighted by molar-refractivity contribution is 8.02. The van der Waals surface area contributed by atoms with Gasteiger partial charge in [0.05, 0.1) is 16.7 Å². The molecule has 0 aromatic heterocycles. The maximum Gasteiger partial charge on any atom is 0.225 e. The largest absolute Gasteiger partial charge is 0.320 e. The molecule has 3 rings (SSSR count). The van der Waals surface area contributed by atoms with Gasteiger partial charge in [0.15, 0.2) is 0 Å². The second-order valence-electron chi connectivity index (χ2n) is 5.90. The highest BCUT2D eigenvalue weighted by atomic mass is 35.5. The van der Waals surface area contributed by atoms with Crippen LogP contribution >= 0.6 is 23.4 Å². The van der Waals surface area contributed by atoms with E-state index in [-0.39, 0.29) is 11.8 Å². The highest BCUT2D eigenvalue weighted by Crippen LogP contribution is 2.38. The predicted octanol–water partition coefficient (Wildman–Crippen LogP) is 4.92. The highest BCUT2D eigenvalue weighted by Gasteiger charge is 2.30. The minimum absolute atomic E-state index is 0.0612. The maximum absolute atomic E-state index is 12.2. The monoisotopic (exact) mass is 368 g/mol. The van der Waals surface area contributed by atoms with Crippen molar-refractivity contribution in [2.75, 3.05) is 0 Å². The minimum atomic E-state index is -0.200. The van der Waals surface area contributed by atoms with Gasteiger partial charge in [0.2, 0.25) is 5.91 Å². The molecule has 1 N–H and O–H groups in total. The van der Waals surface area contributed by atoms with E-state index in [0.29, 0.717) is 27.8 Å². The number of nitrogens with zero attached hydrogens (tertiary/aromatic N) is 1. The molecule has 1 aliphatic rings. The summed E-state index contributed by atoms with van der Waals surface area (Å²) in [6.45, 7) is 2.01. The van der Waals surface area contributed by atoms with Crippen LogP contribution in [0.2, 0.25) is 5.02 Å². The van der Waals surface area contributed by atoms with Crippen LogP contribution in [0.15, 0.2) is 59.1 Å². The topological polar surface area (TPSA) is 52.9 Å². The molecule has 0 aliphatic carbocycles. The Balaban J connectivity index is 1.92. The lowest BCUT2D eigenvalue weighted by Gasteiger charge is -2.26. The average Bonchev–Trinajstić information content (AvgIpc) is 2.61. The van der Waals surface area contributed by atoms with Gasteiger partial charge in [0.1, 0.15) is 0 Å². The van der Waals surface area contributed by atoms with E-state index in [1.54, 1.807) is 0 Å².